The van der Waals surface area contributed by atoms with Crippen LogP contribution in [0, 0.1) is 0 Å². The summed E-state index contributed by atoms with van der Waals surface area (Å²) in [6, 6.07) is 4.58. The average molecular weight is 559 g/mol. The number of fused-ring (bicyclic) bond motifs is 2. The number of nitrogens with two attached hydrogens (primary N) is 1. The molecule has 0 aliphatic carbocycles. The van der Waals surface area contributed by atoms with Gasteiger partial charge < -0.3 is 21.0 Å². The number of carboxylic acid groups (broad SMARTS) is 1. The van der Waals surface area contributed by atoms with Crippen LogP contribution in [-0.2, 0) is 25.8 Å². The van der Waals surface area contributed by atoms with Crippen LogP contribution in [0.1, 0.15) is 5.82 Å². The number of carboxylic acids is 1. The van der Waals surface area contributed by atoms with Crippen LogP contribution in [0.3, 0.4) is 0 Å². The van der Waals surface area contributed by atoms with Crippen LogP contribution in [0.25, 0.3) is 10.2 Å². The van der Waals surface area contributed by atoms with E-state index in [0.717, 1.165) is 21.7 Å². The fourth-order valence-corrected chi connectivity index (χ4v) is 6.60. The predicted octanol–water partition coefficient (Wildman–Crippen LogP) is 0.968. The fourth-order valence-electron chi connectivity index (χ4n) is 4.07. The fraction of sp³-hybridized carbons (Fsp3) is 0.227. The van der Waals surface area contributed by atoms with E-state index < -0.39 is 29.9 Å². The van der Waals surface area contributed by atoms with Gasteiger partial charge in [-0.25, -0.2) is 4.79 Å². The lowest BCUT2D eigenvalue weighted by Gasteiger charge is -2.49. The van der Waals surface area contributed by atoms with Crippen molar-refractivity contribution >= 4 is 73.5 Å². The molecule has 0 bridgehead atoms. The summed E-state index contributed by atoms with van der Waals surface area (Å²) < 4.78 is 6.02. The van der Waals surface area contributed by atoms with E-state index in [1.165, 1.54) is 23.8 Å². The third kappa shape index (κ3) is 4.68. The third-order valence-corrected chi connectivity index (χ3v) is 8.35. The first kappa shape index (κ1) is 24.9. The number of nitrogen functional groups attached to an aromatic ring is 1. The Balaban J connectivity index is 1.32. The minimum Gasteiger partial charge on any atom is -0.477 e. The second-order valence-electron chi connectivity index (χ2n) is 7.88. The Hall–Kier alpha value is -3.82. The summed E-state index contributed by atoms with van der Waals surface area (Å²) in [6.45, 7) is 0.543. The van der Waals surface area contributed by atoms with E-state index in [1.54, 1.807) is 17.4 Å². The van der Waals surface area contributed by atoms with Crippen molar-refractivity contribution < 1.29 is 28.9 Å². The largest absolute Gasteiger partial charge is 0.477 e. The molecule has 2 aliphatic rings. The summed E-state index contributed by atoms with van der Waals surface area (Å²) in [5.74, 6) is -2.10. The number of amides is 2. The highest BCUT2D eigenvalue weighted by Gasteiger charge is 2.54. The Morgan fingerprint density at radius 3 is 3.00 bits per heavy atom. The molecule has 12 nitrogen and oxygen atoms in total. The van der Waals surface area contributed by atoms with Crippen molar-refractivity contribution in [1.29, 1.82) is 0 Å². The number of hydrogen-bond donors (Lipinski definition) is 3. The SMILES string of the molecule is CON=C(C(=O)N[C@@H]1C(=O)N2C(C(=O)O)=C(C=CC[n+]3cccc4ccsc43)SC[C@H]12)c1nsc(N)n1. The molecule has 1 fully saturated rings. The number of thioether (sulfide) groups is 1. The van der Waals surface area contributed by atoms with Crippen LogP contribution in [0.4, 0.5) is 5.13 Å². The van der Waals surface area contributed by atoms with E-state index >= 15 is 0 Å². The molecular weight excluding hydrogens is 538 g/mol. The summed E-state index contributed by atoms with van der Waals surface area (Å²) in [4.78, 5) is 49.4. The van der Waals surface area contributed by atoms with E-state index in [-0.39, 0.29) is 22.4 Å². The monoisotopic (exact) mass is 558 g/mol. The Morgan fingerprint density at radius 1 is 1.43 bits per heavy atom. The van der Waals surface area contributed by atoms with Gasteiger partial charge in [0.25, 0.3) is 16.6 Å². The number of oxime groups is 1. The van der Waals surface area contributed by atoms with E-state index in [9.17, 15) is 19.5 Å². The summed E-state index contributed by atoms with van der Waals surface area (Å²) in [7, 11) is 1.26. The first-order chi connectivity index (χ1) is 17.9. The molecule has 3 aromatic rings. The molecule has 0 spiro atoms. The van der Waals surface area contributed by atoms with Crippen molar-refractivity contribution in [3.8, 4) is 0 Å². The van der Waals surface area contributed by atoms with Crippen LogP contribution < -0.4 is 15.6 Å². The van der Waals surface area contributed by atoms with Crippen molar-refractivity contribution in [2.45, 2.75) is 18.6 Å². The second-order valence-corrected chi connectivity index (χ2v) is 10.6. The number of aromatic nitrogens is 3. The lowest BCUT2D eigenvalue weighted by atomic mass is 9.94. The predicted molar refractivity (Wildman–Crippen MR) is 139 cm³/mol. The van der Waals surface area contributed by atoms with Gasteiger partial charge in [0, 0.05) is 28.3 Å². The Kier molecular flexibility index (Phi) is 6.90. The van der Waals surface area contributed by atoms with Crippen molar-refractivity contribution in [2.75, 3.05) is 18.6 Å². The summed E-state index contributed by atoms with van der Waals surface area (Å²) in [5, 5.41) is 19.5. The maximum atomic E-state index is 13.0. The number of pyridine rings is 1. The maximum absolute atomic E-state index is 13.0. The lowest BCUT2D eigenvalue weighted by molar-refractivity contribution is -0.658. The molecule has 0 unspecified atom stereocenters. The van der Waals surface area contributed by atoms with E-state index in [1.807, 2.05) is 35.9 Å². The highest BCUT2D eigenvalue weighted by atomic mass is 32.2. The van der Waals surface area contributed by atoms with Gasteiger partial charge in [-0.3, -0.25) is 14.5 Å². The van der Waals surface area contributed by atoms with Crippen molar-refractivity contribution in [1.82, 2.24) is 19.6 Å². The highest BCUT2D eigenvalue weighted by Crippen LogP contribution is 2.39. The molecule has 190 valence electrons. The van der Waals surface area contributed by atoms with Crippen LogP contribution in [0.5, 0.6) is 0 Å². The summed E-state index contributed by atoms with van der Waals surface area (Å²) >= 11 is 3.83. The molecular formula is C22H20N7O5S3+. The Morgan fingerprint density at radius 2 is 2.27 bits per heavy atom. The van der Waals surface area contributed by atoms with Gasteiger partial charge >= 0.3 is 5.97 Å². The number of rotatable bonds is 8. The van der Waals surface area contributed by atoms with Crippen LogP contribution in [0.15, 0.2) is 57.7 Å². The summed E-state index contributed by atoms with van der Waals surface area (Å²) in [5.41, 5.74) is 5.25. The van der Waals surface area contributed by atoms with Gasteiger partial charge in [-0.2, -0.15) is 13.9 Å². The summed E-state index contributed by atoms with van der Waals surface area (Å²) in [6.07, 6.45) is 5.56. The molecule has 3 aromatic heterocycles. The van der Waals surface area contributed by atoms with Gasteiger partial charge in [0.1, 0.15) is 18.8 Å². The zero-order valence-electron chi connectivity index (χ0n) is 19.2. The number of β-lactam (4-membered cyclic amide) rings is 1. The van der Waals surface area contributed by atoms with Crippen molar-refractivity contribution in [2.24, 2.45) is 5.16 Å². The van der Waals surface area contributed by atoms with E-state index in [2.05, 4.69) is 24.4 Å². The van der Waals surface area contributed by atoms with Crippen LogP contribution in [0.2, 0.25) is 0 Å². The Labute approximate surface area is 222 Å². The molecule has 0 saturated carbocycles. The van der Waals surface area contributed by atoms with Crippen molar-refractivity contribution in [3.05, 3.63) is 58.4 Å². The van der Waals surface area contributed by atoms with Gasteiger partial charge in [0.2, 0.25) is 11.5 Å². The molecule has 5 heterocycles. The number of nitrogens with one attached hydrogen (secondary N) is 1. The molecule has 0 radical (unpaired) electrons. The zero-order valence-corrected chi connectivity index (χ0v) is 21.7. The van der Waals surface area contributed by atoms with Gasteiger partial charge in [-0.05, 0) is 29.7 Å². The van der Waals surface area contributed by atoms with Gasteiger partial charge in [0.15, 0.2) is 17.9 Å². The average Bonchev–Trinajstić information content (AvgIpc) is 3.54. The molecule has 2 atom stereocenters. The minimum atomic E-state index is -1.22. The number of thiophene rings is 1. The van der Waals surface area contributed by atoms with Gasteiger partial charge in [-0.1, -0.05) is 16.5 Å². The van der Waals surface area contributed by atoms with Gasteiger partial charge in [0.05, 0.1) is 11.4 Å². The highest BCUT2D eigenvalue weighted by molar-refractivity contribution is 8.03. The number of anilines is 1. The number of hydrogen-bond acceptors (Lipinski definition) is 11. The van der Waals surface area contributed by atoms with Crippen LogP contribution in [-0.4, -0.2) is 67.8 Å². The number of nitrogens with zero attached hydrogens (tertiary/aromatic N) is 5. The molecule has 37 heavy (non-hydrogen) atoms. The smallest absolute Gasteiger partial charge is 0.353 e. The second kappa shape index (κ2) is 10.3. The number of aliphatic carboxylic acids is 1. The first-order valence-corrected chi connectivity index (χ1v) is 13.5. The first-order valence-electron chi connectivity index (χ1n) is 10.9. The zero-order chi connectivity index (χ0) is 26.1. The number of allylic oxidation sites excluding steroid dienone is 2. The van der Waals surface area contributed by atoms with Crippen LogP contribution >= 0.6 is 34.6 Å². The minimum absolute atomic E-state index is 0.0295. The number of carbonyl (C=O) groups excluding carboxylic acids is 2. The van der Waals surface area contributed by atoms with Crippen molar-refractivity contribution in [3.63, 3.8) is 0 Å². The van der Waals surface area contributed by atoms with E-state index in [0.29, 0.717) is 17.2 Å². The third-order valence-electron chi connectivity index (χ3n) is 5.69. The standard InChI is InChI=1S/C22H19N7O5S3/c1-34-26-15(17-25-22(23)37-27-17)18(30)24-14-12-10-36-13(16(21(32)33)29(12)19(14)31)5-3-8-28-7-2-4-11-6-9-35-20(11)28/h2-7,9,12,14H,8,10H2,1H3,(H3-,23,24,25,27,30,32,33)/p+1/t12-,14+/m1/s1. The molecule has 2 amide bonds. The Bertz CT molecular complexity index is 1490. The molecule has 2 aliphatic heterocycles. The maximum Gasteiger partial charge on any atom is 0.353 e. The quantitative estimate of drug-likeness (QED) is 0.158. The lowest BCUT2D eigenvalue weighted by Crippen LogP contribution is -2.73. The molecule has 15 heteroatoms. The van der Waals surface area contributed by atoms with E-state index in [4.69, 9.17) is 10.6 Å². The molecule has 0 aromatic carbocycles. The van der Waals surface area contributed by atoms with Gasteiger partial charge in [-0.15, -0.1) is 11.8 Å². The number of carbonyl (C=O) groups is 3. The molecule has 1 saturated heterocycles. The molecule has 4 N–H and O–H groups in total. The molecule has 5 rings (SSSR count). The topological polar surface area (TPSA) is 164 Å². The normalized spacial score (nSPS) is 19.8.